The largest absolute Gasteiger partial charge is 0.478 e. The molecule has 3 aromatic rings. The van der Waals surface area contributed by atoms with E-state index >= 15 is 0 Å². The van der Waals surface area contributed by atoms with Crippen molar-refractivity contribution in [3.63, 3.8) is 0 Å². The van der Waals surface area contributed by atoms with Gasteiger partial charge >= 0.3 is 5.63 Å². The molecule has 0 saturated heterocycles. The topological polar surface area (TPSA) is 51.9 Å². The molecule has 2 aromatic carbocycles. The van der Waals surface area contributed by atoms with Gasteiger partial charge in [0.1, 0.15) is 11.8 Å². The standard InChI is InChI=1S/C19H17NO4/c1-12-10-17(21)24-18-14(12)8-9-15-19(18)23-16(11-20(15)22-2)13-6-4-3-5-7-13/h3-10,16H,11H2,1-2H3. The van der Waals surface area contributed by atoms with E-state index in [4.69, 9.17) is 14.0 Å². The van der Waals surface area contributed by atoms with Gasteiger partial charge in [0.15, 0.2) is 11.3 Å². The summed E-state index contributed by atoms with van der Waals surface area (Å²) in [4.78, 5) is 17.3. The minimum atomic E-state index is -0.386. The molecular formula is C19H17NO4. The second-order valence-electron chi connectivity index (χ2n) is 5.80. The molecule has 0 N–H and O–H groups in total. The minimum absolute atomic E-state index is 0.213. The molecule has 4 rings (SSSR count). The van der Waals surface area contributed by atoms with Crippen molar-refractivity contribution in [1.29, 1.82) is 0 Å². The number of hydrogen-bond donors (Lipinski definition) is 0. The number of nitrogens with zero attached hydrogens (tertiary/aromatic N) is 1. The molecule has 1 unspecified atom stereocenters. The van der Waals surface area contributed by atoms with Crippen molar-refractivity contribution in [2.45, 2.75) is 13.0 Å². The van der Waals surface area contributed by atoms with E-state index in [0.717, 1.165) is 22.2 Å². The lowest BCUT2D eigenvalue weighted by atomic mass is 10.1. The summed E-state index contributed by atoms with van der Waals surface area (Å²) < 4.78 is 11.7. The Morgan fingerprint density at radius 2 is 1.96 bits per heavy atom. The Kier molecular flexibility index (Phi) is 3.50. The van der Waals surface area contributed by atoms with Crippen molar-refractivity contribution < 1.29 is 14.0 Å². The highest BCUT2D eigenvalue weighted by Gasteiger charge is 2.30. The second-order valence-corrected chi connectivity index (χ2v) is 5.80. The van der Waals surface area contributed by atoms with Crippen LogP contribution in [0.15, 0.2) is 57.7 Å². The van der Waals surface area contributed by atoms with Crippen LogP contribution in [-0.2, 0) is 4.84 Å². The van der Waals surface area contributed by atoms with Gasteiger partial charge in [0.25, 0.3) is 0 Å². The summed E-state index contributed by atoms with van der Waals surface area (Å²) in [6.45, 7) is 2.44. The van der Waals surface area contributed by atoms with Crippen molar-refractivity contribution in [1.82, 2.24) is 0 Å². The van der Waals surface area contributed by atoms with Gasteiger partial charge in [-0.25, -0.2) is 9.86 Å². The zero-order valence-corrected chi connectivity index (χ0v) is 13.5. The number of hydroxylamine groups is 1. The summed E-state index contributed by atoms with van der Waals surface area (Å²) in [7, 11) is 1.62. The first-order valence-corrected chi connectivity index (χ1v) is 7.78. The third-order valence-electron chi connectivity index (χ3n) is 4.31. The van der Waals surface area contributed by atoms with Crippen LogP contribution in [0.3, 0.4) is 0 Å². The van der Waals surface area contributed by atoms with Crippen LogP contribution in [0.5, 0.6) is 5.75 Å². The molecule has 1 aliphatic rings. The third-order valence-corrected chi connectivity index (χ3v) is 4.31. The maximum Gasteiger partial charge on any atom is 0.336 e. The summed E-state index contributed by atoms with van der Waals surface area (Å²) in [6.07, 6.45) is -0.213. The van der Waals surface area contributed by atoms with Gasteiger partial charge < -0.3 is 9.15 Å². The first-order chi connectivity index (χ1) is 11.7. The van der Waals surface area contributed by atoms with E-state index in [1.165, 1.54) is 6.07 Å². The zero-order chi connectivity index (χ0) is 16.7. The van der Waals surface area contributed by atoms with Crippen molar-refractivity contribution in [2.24, 2.45) is 0 Å². The maximum absolute atomic E-state index is 11.8. The van der Waals surface area contributed by atoms with E-state index < -0.39 is 0 Å². The smallest absolute Gasteiger partial charge is 0.336 e. The molecule has 1 aromatic heterocycles. The number of benzene rings is 2. The molecule has 2 heterocycles. The quantitative estimate of drug-likeness (QED) is 0.674. The molecule has 24 heavy (non-hydrogen) atoms. The lowest BCUT2D eigenvalue weighted by molar-refractivity contribution is 0.0986. The van der Waals surface area contributed by atoms with E-state index in [9.17, 15) is 4.79 Å². The Bertz CT molecular complexity index is 949. The van der Waals surface area contributed by atoms with Crippen molar-refractivity contribution >= 4 is 16.7 Å². The normalized spacial score (nSPS) is 16.8. The molecule has 0 saturated carbocycles. The van der Waals surface area contributed by atoms with Gasteiger partial charge in [-0.3, -0.25) is 4.84 Å². The average molecular weight is 323 g/mol. The van der Waals surface area contributed by atoms with Gasteiger partial charge in [0, 0.05) is 11.5 Å². The highest BCUT2D eigenvalue weighted by atomic mass is 16.7. The predicted octanol–water partition coefficient (Wildman–Crippen LogP) is 3.60. The van der Waals surface area contributed by atoms with Crippen LogP contribution in [0.25, 0.3) is 11.0 Å². The highest BCUT2D eigenvalue weighted by molar-refractivity contribution is 5.91. The maximum atomic E-state index is 11.8. The summed E-state index contributed by atoms with van der Waals surface area (Å²) >= 11 is 0. The molecule has 0 spiro atoms. The average Bonchev–Trinajstić information content (AvgIpc) is 2.61. The predicted molar refractivity (Wildman–Crippen MR) is 91.4 cm³/mol. The Balaban J connectivity index is 1.91. The van der Waals surface area contributed by atoms with Crippen molar-refractivity contribution in [3.8, 4) is 5.75 Å². The SMILES string of the molecule is CON1CC(c2ccccc2)Oc2c1ccc1c(C)cc(=O)oc21. The summed E-state index contributed by atoms with van der Waals surface area (Å²) in [6, 6.07) is 15.3. The summed E-state index contributed by atoms with van der Waals surface area (Å²) in [5.41, 5.74) is 2.73. The summed E-state index contributed by atoms with van der Waals surface area (Å²) in [5, 5.41) is 2.62. The first kappa shape index (κ1) is 14.8. The molecule has 1 aliphatic heterocycles. The Hall–Kier alpha value is -2.79. The number of fused-ring (bicyclic) bond motifs is 3. The van der Waals surface area contributed by atoms with E-state index in [-0.39, 0.29) is 11.7 Å². The first-order valence-electron chi connectivity index (χ1n) is 7.78. The number of aryl methyl sites for hydroxylation is 1. The number of hydrogen-bond acceptors (Lipinski definition) is 5. The van der Waals surface area contributed by atoms with Crippen LogP contribution >= 0.6 is 0 Å². The van der Waals surface area contributed by atoms with Crippen LogP contribution in [0, 0.1) is 6.92 Å². The van der Waals surface area contributed by atoms with Crippen molar-refractivity contribution in [3.05, 3.63) is 70.1 Å². The van der Waals surface area contributed by atoms with Crippen LogP contribution in [0.1, 0.15) is 17.2 Å². The summed E-state index contributed by atoms with van der Waals surface area (Å²) in [5.74, 6) is 0.537. The fourth-order valence-corrected chi connectivity index (χ4v) is 3.10. The van der Waals surface area contributed by atoms with Gasteiger partial charge in [-0.05, 0) is 30.2 Å². The monoisotopic (exact) mass is 323 g/mol. The van der Waals surface area contributed by atoms with Gasteiger partial charge in [0.05, 0.1) is 13.7 Å². The highest BCUT2D eigenvalue weighted by Crippen LogP contribution is 2.43. The molecule has 1 atom stereocenters. The molecule has 0 fully saturated rings. The molecule has 5 heteroatoms. The second kappa shape index (κ2) is 5.69. The van der Waals surface area contributed by atoms with E-state index in [2.05, 4.69) is 0 Å². The Morgan fingerprint density at radius 1 is 1.17 bits per heavy atom. The van der Waals surface area contributed by atoms with Gasteiger partial charge in [-0.1, -0.05) is 30.3 Å². The fraction of sp³-hybridized carbons (Fsp3) is 0.211. The lowest BCUT2D eigenvalue weighted by Crippen LogP contribution is -2.34. The number of anilines is 1. The van der Waals surface area contributed by atoms with E-state index in [0.29, 0.717) is 17.9 Å². The van der Waals surface area contributed by atoms with Crippen LogP contribution in [-0.4, -0.2) is 13.7 Å². The molecule has 0 radical (unpaired) electrons. The van der Waals surface area contributed by atoms with E-state index in [1.54, 1.807) is 12.2 Å². The number of rotatable bonds is 2. The molecule has 5 nitrogen and oxygen atoms in total. The minimum Gasteiger partial charge on any atom is -0.478 e. The van der Waals surface area contributed by atoms with Crippen LogP contribution in [0.4, 0.5) is 5.69 Å². The third kappa shape index (κ3) is 2.34. The van der Waals surface area contributed by atoms with E-state index in [1.807, 2.05) is 49.4 Å². The molecule has 0 bridgehead atoms. The molecule has 0 aliphatic carbocycles. The Labute approximate surface area is 139 Å². The molecular weight excluding hydrogens is 306 g/mol. The van der Waals surface area contributed by atoms with Crippen LogP contribution < -0.4 is 15.4 Å². The Morgan fingerprint density at radius 3 is 2.71 bits per heavy atom. The van der Waals surface area contributed by atoms with Gasteiger partial charge in [-0.15, -0.1) is 0 Å². The fourth-order valence-electron chi connectivity index (χ4n) is 3.10. The van der Waals surface area contributed by atoms with Gasteiger partial charge in [0.2, 0.25) is 0 Å². The van der Waals surface area contributed by atoms with Gasteiger partial charge in [-0.2, -0.15) is 0 Å². The van der Waals surface area contributed by atoms with Crippen LogP contribution in [0.2, 0.25) is 0 Å². The van der Waals surface area contributed by atoms with Crippen molar-refractivity contribution in [2.75, 3.05) is 18.7 Å². The number of ether oxygens (including phenoxy) is 1. The molecule has 122 valence electrons. The lowest BCUT2D eigenvalue weighted by Gasteiger charge is -2.34. The zero-order valence-electron chi connectivity index (χ0n) is 13.5. The molecule has 0 amide bonds.